The molecule has 1 amide bonds. The van der Waals surface area contributed by atoms with Gasteiger partial charge in [-0.15, -0.1) is 0 Å². The van der Waals surface area contributed by atoms with Crippen molar-refractivity contribution in [2.24, 2.45) is 0 Å². The molecule has 2 N–H and O–H groups in total. The molecule has 0 aliphatic heterocycles. The fourth-order valence-corrected chi connectivity index (χ4v) is 3.20. The van der Waals surface area contributed by atoms with Crippen LogP contribution in [0.15, 0.2) is 23.1 Å². The lowest BCUT2D eigenvalue weighted by atomic mass is 10.1. The maximum Gasteiger partial charge on any atom is 0.326 e. The molecule has 0 fully saturated rings. The van der Waals surface area contributed by atoms with Crippen molar-refractivity contribution in [2.45, 2.75) is 37.1 Å². The molecular weight excluding hydrogens is 348 g/mol. The number of methoxy groups -OCH3 is 1. The van der Waals surface area contributed by atoms with Crippen LogP contribution in [0.3, 0.4) is 0 Å². The molecule has 0 heterocycles. The third kappa shape index (κ3) is 5.17. The van der Waals surface area contributed by atoms with E-state index in [9.17, 15) is 23.1 Å². The number of amides is 1. The number of nitrogens with one attached hydrogen (secondary N) is 1. The van der Waals surface area contributed by atoms with E-state index in [1.807, 2.05) is 6.92 Å². The summed E-state index contributed by atoms with van der Waals surface area (Å²) in [6.07, 6.45) is 1.75. The number of ether oxygens (including phenoxy) is 1. The topological polar surface area (TPSA) is 113 Å². The molecule has 0 spiro atoms. The molecule has 8 nitrogen and oxygen atoms in total. The van der Waals surface area contributed by atoms with Crippen LogP contribution in [-0.2, 0) is 14.8 Å². The monoisotopic (exact) mass is 372 g/mol. The van der Waals surface area contributed by atoms with Gasteiger partial charge in [0.15, 0.2) is 0 Å². The van der Waals surface area contributed by atoms with Crippen molar-refractivity contribution in [1.29, 1.82) is 0 Å². The summed E-state index contributed by atoms with van der Waals surface area (Å²) in [6, 6.07) is 2.92. The molecule has 0 aromatic heterocycles. The number of sulfonamides is 1. The maximum atomic E-state index is 12.4. The van der Waals surface area contributed by atoms with Crippen LogP contribution in [0.4, 0.5) is 0 Å². The van der Waals surface area contributed by atoms with Gasteiger partial charge in [-0.05, 0) is 24.6 Å². The van der Waals surface area contributed by atoms with E-state index in [0.29, 0.717) is 12.8 Å². The van der Waals surface area contributed by atoms with Gasteiger partial charge in [0.05, 0.1) is 7.11 Å². The van der Waals surface area contributed by atoms with Crippen molar-refractivity contribution >= 4 is 21.9 Å². The van der Waals surface area contributed by atoms with Crippen LogP contribution in [0.5, 0.6) is 5.75 Å². The normalized spacial score (nSPS) is 12.7. The van der Waals surface area contributed by atoms with E-state index in [2.05, 4.69) is 5.32 Å². The number of nitrogens with zero attached hydrogens (tertiary/aromatic N) is 1. The number of rotatable bonds is 9. The first-order chi connectivity index (χ1) is 11.6. The van der Waals surface area contributed by atoms with Gasteiger partial charge in [0.1, 0.15) is 16.7 Å². The minimum absolute atomic E-state index is 0.0453. The lowest BCUT2D eigenvalue weighted by molar-refractivity contribution is -0.139. The number of carbonyl (C=O) groups is 2. The molecule has 0 saturated carbocycles. The van der Waals surface area contributed by atoms with Gasteiger partial charge < -0.3 is 15.2 Å². The van der Waals surface area contributed by atoms with Crippen LogP contribution in [0, 0.1) is 0 Å². The van der Waals surface area contributed by atoms with Crippen molar-refractivity contribution in [3.05, 3.63) is 23.8 Å². The van der Waals surface area contributed by atoms with Crippen LogP contribution in [0.1, 0.15) is 36.5 Å². The number of unbranched alkanes of at least 4 members (excludes halogenated alkanes) is 1. The van der Waals surface area contributed by atoms with Crippen LogP contribution >= 0.6 is 0 Å². The summed E-state index contributed by atoms with van der Waals surface area (Å²) in [7, 11) is 0.241. The molecule has 0 radical (unpaired) electrons. The summed E-state index contributed by atoms with van der Waals surface area (Å²) in [5.41, 5.74) is 0.0453. The standard InChI is InChI=1S/C16H24N2O6S/c1-5-6-7-12(16(20)21)17-15(19)11-8-9-13(24-4)14(10-11)25(22,23)18(2)3/h8-10,12H,5-7H2,1-4H3,(H,17,19)(H,20,21). The van der Waals surface area contributed by atoms with Crippen LogP contribution in [-0.4, -0.2) is 57.0 Å². The Morgan fingerprint density at radius 1 is 1.32 bits per heavy atom. The molecular formula is C16H24N2O6S. The van der Waals surface area contributed by atoms with Crippen molar-refractivity contribution in [1.82, 2.24) is 9.62 Å². The first kappa shape index (κ1) is 20.9. The quantitative estimate of drug-likeness (QED) is 0.676. The Balaban J connectivity index is 3.17. The molecule has 0 aliphatic rings. The van der Waals surface area contributed by atoms with E-state index < -0.39 is 27.9 Å². The number of benzene rings is 1. The maximum absolute atomic E-state index is 12.4. The summed E-state index contributed by atoms with van der Waals surface area (Å²) in [6.45, 7) is 1.92. The second-order valence-corrected chi connectivity index (χ2v) is 7.78. The number of hydrogen-bond acceptors (Lipinski definition) is 5. The van der Waals surface area contributed by atoms with Crippen molar-refractivity contribution in [2.75, 3.05) is 21.2 Å². The first-order valence-electron chi connectivity index (χ1n) is 7.79. The highest BCUT2D eigenvalue weighted by Gasteiger charge is 2.25. The summed E-state index contributed by atoms with van der Waals surface area (Å²) in [5, 5.41) is 11.6. The minimum Gasteiger partial charge on any atom is -0.495 e. The molecule has 1 rings (SSSR count). The molecule has 0 aliphatic carbocycles. The predicted molar refractivity (Wildman–Crippen MR) is 92.3 cm³/mol. The highest BCUT2D eigenvalue weighted by atomic mass is 32.2. The zero-order valence-corrected chi connectivity index (χ0v) is 15.6. The Labute approximate surface area is 147 Å². The Morgan fingerprint density at radius 3 is 2.44 bits per heavy atom. The number of hydrogen-bond donors (Lipinski definition) is 2. The van der Waals surface area contributed by atoms with E-state index in [1.165, 1.54) is 39.4 Å². The molecule has 9 heteroatoms. The van der Waals surface area contributed by atoms with E-state index in [-0.39, 0.29) is 16.2 Å². The Morgan fingerprint density at radius 2 is 1.96 bits per heavy atom. The molecule has 25 heavy (non-hydrogen) atoms. The van der Waals surface area contributed by atoms with Gasteiger partial charge in [-0.2, -0.15) is 0 Å². The SMILES string of the molecule is CCCCC(NC(=O)c1ccc(OC)c(S(=O)(=O)N(C)C)c1)C(=O)O. The number of carboxylic acids is 1. The molecule has 1 aromatic carbocycles. The zero-order valence-electron chi connectivity index (χ0n) is 14.8. The van der Waals surface area contributed by atoms with Gasteiger partial charge in [0.2, 0.25) is 10.0 Å². The summed E-state index contributed by atoms with van der Waals surface area (Å²) >= 11 is 0. The lowest BCUT2D eigenvalue weighted by Gasteiger charge is -2.17. The number of aliphatic carboxylic acids is 1. The molecule has 1 unspecified atom stereocenters. The van der Waals surface area contributed by atoms with Gasteiger partial charge in [0.25, 0.3) is 5.91 Å². The van der Waals surface area contributed by atoms with E-state index >= 15 is 0 Å². The van der Waals surface area contributed by atoms with Crippen LogP contribution in [0.2, 0.25) is 0 Å². The van der Waals surface area contributed by atoms with E-state index in [4.69, 9.17) is 4.74 Å². The Hall–Kier alpha value is -2.13. The molecule has 1 atom stereocenters. The first-order valence-corrected chi connectivity index (χ1v) is 9.23. The summed E-state index contributed by atoms with van der Waals surface area (Å²) in [5.74, 6) is -1.68. The van der Waals surface area contributed by atoms with Crippen molar-refractivity contribution in [3.63, 3.8) is 0 Å². The van der Waals surface area contributed by atoms with Gasteiger partial charge >= 0.3 is 5.97 Å². The fraction of sp³-hybridized carbons (Fsp3) is 0.500. The average Bonchev–Trinajstić information content (AvgIpc) is 2.57. The van der Waals surface area contributed by atoms with Gasteiger partial charge in [-0.1, -0.05) is 19.8 Å². The van der Waals surface area contributed by atoms with Gasteiger partial charge in [0, 0.05) is 19.7 Å². The fourth-order valence-electron chi connectivity index (χ4n) is 2.12. The van der Waals surface area contributed by atoms with E-state index in [0.717, 1.165) is 10.7 Å². The van der Waals surface area contributed by atoms with Crippen LogP contribution < -0.4 is 10.1 Å². The third-order valence-electron chi connectivity index (χ3n) is 3.63. The molecule has 0 bridgehead atoms. The van der Waals surface area contributed by atoms with Crippen molar-refractivity contribution < 1.29 is 27.9 Å². The zero-order chi connectivity index (χ0) is 19.2. The van der Waals surface area contributed by atoms with E-state index in [1.54, 1.807) is 0 Å². The van der Waals surface area contributed by atoms with Gasteiger partial charge in [-0.3, -0.25) is 4.79 Å². The second kappa shape index (κ2) is 8.82. The smallest absolute Gasteiger partial charge is 0.326 e. The minimum atomic E-state index is -3.82. The Bertz CT molecular complexity index is 730. The predicted octanol–water partition coefficient (Wildman–Crippen LogP) is 1.32. The summed E-state index contributed by atoms with van der Waals surface area (Å²) in [4.78, 5) is 23.4. The highest BCUT2D eigenvalue weighted by molar-refractivity contribution is 7.89. The Kier molecular flexibility index (Phi) is 7.38. The third-order valence-corrected chi connectivity index (χ3v) is 5.47. The number of carbonyl (C=O) groups excluding carboxylic acids is 1. The molecule has 0 saturated heterocycles. The van der Waals surface area contributed by atoms with Crippen LogP contribution in [0.25, 0.3) is 0 Å². The number of carboxylic acid groups (broad SMARTS) is 1. The molecule has 1 aromatic rings. The molecule has 140 valence electrons. The summed E-state index contributed by atoms with van der Waals surface area (Å²) < 4.78 is 30.8. The lowest BCUT2D eigenvalue weighted by Crippen LogP contribution is -2.40. The largest absolute Gasteiger partial charge is 0.495 e. The second-order valence-electron chi connectivity index (χ2n) is 5.66. The van der Waals surface area contributed by atoms with Gasteiger partial charge in [-0.25, -0.2) is 17.5 Å². The highest BCUT2D eigenvalue weighted by Crippen LogP contribution is 2.27. The average molecular weight is 372 g/mol. The van der Waals surface area contributed by atoms with Crippen molar-refractivity contribution in [3.8, 4) is 5.75 Å².